The molecule has 42 heavy (non-hydrogen) atoms. The second kappa shape index (κ2) is 13.6. The zero-order valence-electron chi connectivity index (χ0n) is 23.5. The van der Waals surface area contributed by atoms with Crippen LogP contribution in [0.4, 0.5) is 19.0 Å². The van der Waals surface area contributed by atoms with Crippen molar-refractivity contribution < 1.29 is 37.3 Å². The summed E-state index contributed by atoms with van der Waals surface area (Å²) >= 11 is 3.50. The lowest BCUT2D eigenvalue weighted by atomic mass is 9.88. The van der Waals surface area contributed by atoms with Crippen LogP contribution in [0.1, 0.15) is 66.6 Å². The lowest BCUT2D eigenvalue weighted by molar-refractivity contribution is -0.286. The first-order valence-electron chi connectivity index (χ1n) is 13.6. The number of aromatic nitrogens is 3. The number of fused-ring (bicyclic) bond motifs is 1. The quantitative estimate of drug-likeness (QED) is 0.211. The van der Waals surface area contributed by atoms with Gasteiger partial charge in [0, 0.05) is 42.2 Å². The molecule has 0 bridgehead atoms. The SMILES string of the molecule is CC(C)c1cc(Br)cc(C(CC(=O)OOC(=O)C(F)(F)F)Cc2cc(OCCc3ccc4c(n3)NCCC4)n(C)n2)c1. The monoisotopic (exact) mass is 652 g/mol. The Labute approximate surface area is 249 Å². The van der Waals surface area contributed by atoms with E-state index in [1.165, 1.54) is 5.56 Å². The lowest BCUT2D eigenvalue weighted by Crippen LogP contribution is -2.27. The molecule has 3 heterocycles. The fraction of sp³-hybridized carbons (Fsp3) is 0.448. The van der Waals surface area contributed by atoms with Crippen LogP contribution in [0.3, 0.4) is 0 Å². The van der Waals surface area contributed by atoms with Gasteiger partial charge in [-0.15, -0.1) is 0 Å². The van der Waals surface area contributed by atoms with Crippen LogP contribution in [0.15, 0.2) is 40.9 Å². The van der Waals surface area contributed by atoms with Crippen LogP contribution < -0.4 is 10.1 Å². The third kappa shape index (κ3) is 8.46. The van der Waals surface area contributed by atoms with Crippen LogP contribution in [0, 0.1) is 0 Å². The van der Waals surface area contributed by atoms with Crippen molar-refractivity contribution in [3.05, 3.63) is 68.9 Å². The number of carbonyl (C=O) groups is 2. The predicted molar refractivity (Wildman–Crippen MR) is 151 cm³/mol. The Kier molecular flexibility index (Phi) is 10.1. The van der Waals surface area contributed by atoms with Crippen molar-refractivity contribution in [2.75, 3.05) is 18.5 Å². The molecule has 1 aliphatic heterocycles. The summed E-state index contributed by atoms with van der Waals surface area (Å²) in [7, 11) is 1.73. The van der Waals surface area contributed by atoms with Gasteiger partial charge in [-0.05, 0) is 60.1 Å². The second-order valence-electron chi connectivity index (χ2n) is 10.4. The van der Waals surface area contributed by atoms with Gasteiger partial charge in [-0.1, -0.05) is 41.9 Å². The fourth-order valence-electron chi connectivity index (χ4n) is 4.64. The molecule has 2 aromatic heterocycles. The molecule has 9 nitrogen and oxygen atoms in total. The van der Waals surface area contributed by atoms with E-state index in [9.17, 15) is 22.8 Å². The standard InChI is InChI=1S/C29H32BrF3N4O5/c1-17(2)19-11-20(13-22(30)12-19)21(15-26(38)41-42-28(39)29(31,32)33)14-24-16-25(37(3)36-24)40-10-8-23-7-6-18-5-4-9-34-27(18)35-23/h6-7,11-13,16-17,21H,4-5,8-10,14-15H2,1-3H3,(H,34,35). The second-order valence-corrected chi connectivity index (χ2v) is 11.4. The van der Waals surface area contributed by atoms with Crippen LogP contribution in [-0.2, 0) is 45.7 Å². The van der Waals surface area contributed by atoms with Gasteiger partial charge in [-0.2, -0.15) is 18.3 Å². The van der Waals surface area contributed by atoms with E-state index in [2.05, 4.69) is 47.2 Å². The Hall–Kier alpha value is -3.61. The van der Waals surface area contributed by atoms with Crippen molar-refractivity contribution in [1.82, 2.24) is 14.8 Å². The summed E-state index contributed by atoms with van der Waals surface area (Å²) < 4.78 is 45.8. The Morgan fingerprint density at radius 3 is 2.60 bits per heavy atom. The number of anilines is 1. The highest BCUT2D eigenvalue weighted by atomic mass is 79.9. The number of aryl methyl sites for hydroxylation is 2. The Morgan fingerprint density at radius 1 is 1.10 bits per heavy atom. The van der Waals surface area contributed by atoms with Crippen molar-refractivity contribution in [2.24, 2.45) is 7.05 Å². The topological polar surface area (TPSA) is 105 Å². The number of hydrogen-bond donors (Lipinski definition) is 1. The largest absolute Gasteiger partial charge is 0.495 e. The summed E-state index contributed by atoms with van der Waals surface area (Å²) in [4.78, 5) is 36.0. The maximum absolute atomic E-state index is 12.5. The van der Waals surface area contributed by atoms with Crippen LogP contribution >= 0.6 is 15.9 Å². The number of rotatable bonds is 10. The highest BCUT2D eigenvalue weighted by molar-refractivity contribution is 9.10. The fourth-order valence-corrected chi connectivity index (χ4v) is 5.17. The summed E-state index contributed by atoms with van der Waals surface area (Å²) in [5.41, 5.74) is 4.46. The molecule has 1 N–H and O–H groups in total. The molecule has 0 amide bonds. The van der Waals surface area contributed by atoms with Gasteiger partial charge < -0.3 is 10.1 Å². The van der Waals surface area contributed by atoms with Gasteiger partial charge in [0.2, 0.25) is 5.88 Å². The van der Waals surface area contributed by atoms with Crippen molar-refractivity contribution in [2.45, 2.75) is 64.0 Å². The van der Waals surface area contributed by atoms with E-state index in [0.717, 1.165) is 46.5 Å². The van der Waals surface area contributed by atoms with Crippen molar-refractivity contribution >= 4 is 33.7 Å². The number of hydrogen-bond acceptors (Lipinski definition) is 8. The molecule has 0 fully saturated rings. The summed E-state index contributed by atoms with van der Waals surface area (Å²) in [5, 5.41) is 7.85. The number of nitrogens with zero attached hydrogens (tertiary/aromatic N) is 3. The van der Waals surface area contributed by atoms with E-state index < -0.39 is 24.0 Å². The Morgan fingerprint density at radius 2 is 1.86 bits per heavy atom. The van der Waals surface area contributed by atoms with E-state index in [1.807, 2.05) is 38.1 Å². The number of carbonyl (C=O) groups excluding carboxylic acids is 2. The van der Waals surface area contributed by atoms with Gasteiger partial charge in [-0.25, -0.2) is 29.0 Å². The maximum atomic E-state index is 12.5. The van der Waals surface area contributed by atoms with E-state index in [4.69, 9.17) is 4.74 Å². The predicted octanol–water partition coefficient (Wildman–Crippen LogP) is 5.96. The lowest BCUT2D eigenvalue weighted by Gasteiger charge is -2.18. The molecule has 0 saturated carbocycles. The summed E-state index contributed by atoms with van der Waals surface area (Å²) in [6.45, 7) is 5.32. The third-order valence-electron chi connectivity index (χ3n) is 6.84. The number of nitrogens with one attached hydrogen (secondary N) is 1. The molecular weight excluding hydrogens is 621 g/mol. The molecule has 0 saturated heterocycles. The van der Waals surface area contributed by atoms with Gasteiger partial charge in [-0.3, -0.25) is 0 Å². The summed E-state index contributed by atoms with van der Waals surface area (Å²) in [6.07, 6.45) is -2.70. The highest BCUT2D eigenvalue weighted by Crippen LogP contribution is 2.31. The average molecular weight is 653 g/mol. The van der Waals surface area contributed by atoms with E-state index in [0.29, 0.717) is 24.6 Å². The molecule has 1 aliphatic rings. The zero-order chi connectivity index (χ0) is 30.4. The Balaban J connectivity index is 1.45. The number of benzene rings is 1. The summed E-state index contributed by atoms with van der Waals surface area (Å²) in [6, 6.07) is 11.6. The zero-order valence-corrected chi connectivity index (χ0v) is 25.0. The van der Waals surface area contributed by atoms with Crippen LogP contribution in [-0.4, -0.2) is 46.0 Å². The summed E-state index contributed by atoms with van der Waals surface area (Å²) in [5.74, 6) is -2.66. The highest BCUT2D eigenvalue weighted by Gasteiger charge is 2.43. The van der Waals surface area contributed by atoms with E-state index in [1.54, 1.807) is 17.8 Å². The number of ether oxygens (including phenoxy) is 1. The molecule has 0 radical (unpaired) electrons. The van der Waals surface area contributed by atoms with Crippen LogP contribution in [0.25, 0.3) is 0 Å². The number of halogens is 4. The van der Waals surface area contributed by atoms with Crippen LogP contribution in [0.5, 0.6) is 5.88 Å². The van der Waals surface area contributed by atoms with Gasteiger partial charge in [0.15, 0.2) is 0 Å². The molecule has 4 rings (SSSR count). The minimum atomic E-state index is -5.28. The third-order valence-corrected chi connectivity index (χ3v) is 7.30. The molecular formula is C29H32BrF3N4O5. The molecule has 1 atom stereocenters. The minimum absolute atomic E-state index is 0.178. The van der Waals surface area contributed by atoms with E-state index in [-0.39, 0.29) is 18.8 Å². The molecule has 1 aromatic carbocycles. The van der Waals surface area contributed by atoms with Gasteiger partial charge in [0.05, 0.1) is 18.7 Å². The average Bonchev–Trinajstić information content (AvgIpc) is 3.28. The first-order chi connectivity index (χ1) is 19.9. The number of pyridine rings is 1. The van der Waals surface area contributed by atoms with Crippen LogP contribution in [0.2, 0.25) is 0 Å². The minimum Gasteiger partial charge on any atom is -0.477 e. The molecule has 13 heteroatoms. The van der Waals surface area contributed by atoms with Crippen molar-refractivity contribution in [3.63, 3.8) is 0 Å². The van der Waals surface area contributed by atoms with Crippen molar-refractivity contribution in [1.29, 1.82) is 0 Å². The number of alkyl halides is 3. The van der Waals surface area contributed by atoms with Gasteiger partial charge >= 0.3 is 18.1 Å². The maximum Gasteiger partial charge on any atom is 0.495 e. The molecule has 3 aromatic rings. The first kappa shape index (κ1) is 31.3. The smallest absolute Gasteiger partial charge is 0.477 e. The normalized spacial score (nSPS) is 13.7. The molecule has 0 spiro atoms. The van der Waals surface area contributed by atoms with E-state index >= 15 is 0 Å². The molecule has 1 unspecified atom stereocenters. The van der Waals surface area contributed by atoms with Gasteiger partial charge in [0.25, 0.3) is 0 Å². The molecule has 226 valence electrons. The first-order valence-corrected chi connectivity index (χ1v) is 14.4. The molecule has 0 aliphatic carbocycles. The Bertz CT molecular complexity index is 1430. The van der Waals surface area contributed by atoms with Gasteiger partial charge in [0.1, 0.15) is 5.82 Å². The van der Waals surface area contributed by atoms with Crippen molar-refractivity contribution in [3.8, 4) is 5.88 Å².